The number of methoxy groups -OCH3 is 2. The first-order chi connectivity index (χ1) is 9.26. The number of rotatable bonds is 6. The zero-order chi connectivity index (χ0) is 15.3. The van der Waals surface area contributed by atoms with Gasteiger partial charge in [0.2, 0.25) is 0 Å². The second-order valence-electron chi connectivity index (χ2n) is 4.53. The number of halogens is 3. The van der Waals surface area contributed by atoms with E-state index in [1.54, 1.807) is 18.2 Å². The maximum Gasteiger partial charge on any atom is 0.401 e. The van der Waals surface area contributed by atoms with Crippen LogP contribution in [0.1, 0.15) is 11.6 Å². The second-order valence-corrected chi connectivity index (χ2v) is 4.53. The van der Waals surface area contributed by atoms with Crippen molar-refractivity contribution < 1.29 is 22.6 Å². The molecule has 0 saturated carbocycles. The molecule has 114 valence electrons. The summed E-state index contributed by atoms with van der Waals surface area (Å²) in [6.45, 7) is -0.948. The molecule has 0 fully saturated rings. The molecule has 0 spiro atoms. The molecule has 0 aliphatic carbocycles. The Bertz CT molecular complexity index is 438. The van der Waals surface area contributed by atoms with Gasteiger partial charge < -0.3 is 15.2 Å². The fourth-order valence-electron chi connectivity index (χ4n) is 1.93. The van der Waals surface area contributed by atoms with E-state index < -0.39 is 18.8 Å². The van der Waals surface area contributed by atoms with E-state index in [1.807, 2.05) is 0 Å². The average molecular weight is 292 g/mol. The minimum Gasteiger partial charge on any atom is -0.497 e. The van der Waals surface area contributed by atoms with E-state index in [1.165, 1.54) is 21.3 Å². The van der Waals surface area contributed by atoms with Gasteiger partial charge in [0.05, 0.1) is 20.8 Å². The standard InChI is InChI=1S/C13H19F3N2O2/c1-18(8-13(14,15)16)7-11(17)10-6-9(19-2)4-5-12(10)20-3/h4-6,11H,7-8,17H2,1-3H3. The molecular formula is C13H19F3N2O2. The van der Waals surface area contributed by atoms with Crippen LogP contribution in [0, 0.1) is 0 Å². The zero-order valence-corrected chi connectivity index (χ0v) is 11.7. The molecule has 0 saturated heterocycles. The zero-order valence-electron chi connectivity index (χ0n) is 11.7. The third-order valence-corrected chi connectivity index (χ3v) is 2.79. The SMILES string of the molecule is COc1ccc(OC)c(C(N)CN(C)CC(F)(F)F)c1. The van der Waals surface area contributed by atoms with Gasteiger partial charge in [0.25, 0.3) is 0 Å². The van der Waals surface area contributed by atoms with E-state index in [9.17, 15) is 13.2 Å². The molecule has 1 aromatic rings. The minimum absolute atomic E-state index is 0.0586. The Morgan fingerprint density at radius 2 is 1.90 bits per heavy atom. The van der Waals surface area contributed by atoms with Crippen molar-refractivity contribution in [3.05, 3.63) is 23.8 Å². The summed E-state index contributed by atoms with van der Waals surface area (Å²) in [5.74, 6) is 1.11. The normalized spacial score (nSPS) is 13.4. The summed E-state index contributed by atoms with van der Waals surface area (Å²) in [6, 6.07) is 4.45. The van der Waals surface area contributed by atoms with Crippen molar-refractivity contribution in [2.45, 2.75) is 12.2 Å². The van der Waals surface area contributed by atoms with Crippen LogP contribution in [0.2, 0.25) is 0 Å². The molecule has 1 aromatic carbocycles. The molecule has 0 radical (unpaired) electrons. The first-order valence-electron chi connectivity index (χ1n) is 5.99. The lowest BCUT2D eigenvalue weighted by molar-refractivity contribution is -0.143. The molecule has 20 heavy (non-hydrogen) atoms. The Hall–Kier alpha value is -1.47. The lowest BCUT2D eigenvalue weighted by Gasteiger charge is -2.24. The highest BCUT2D eigenvalue weighted by molar-refractivity contribution is 5.42. The molecule has 1 unspecified atom stereocenters. The molecule has 1 atom stereocenters. The number of nitrogens with two attached hydrogens (primary N) is 1. The molecule has 0 aliphatic rings. The van der Waals surface area contributed by atoms with Crippen LogP contribution in [0.15, 0.2) is 18.2 Å². The molecule has 7 heteroatoms. The molecule has 4 nitrogen and oxygen atoms in total. The monoisotopic (exact) mass is 292 g/mol. The molecule has 0 amide bonds. The summed E-state index contributed by atoms with van der Waals surface area (Å²) in [4.78, 5) is 1.13. The van der Waals surface area contributed by atoms with E-state index >= 15 is 0 Å². The van der Waals surface area contributed by atoms with Gasteiger partial charge in [-0.15, -0.1) is 0 Å². The third kappa shape index (κ3) is 4.90. The Morgan fingerprint density at radius 1 is 1.25 bits per heavy atom. The van der Waals surface area contributed by atoms with Crippen LogP contribution in [-0.2, 0) is 0 Å². The predicted molar refractivity (Wildman–Crippen MR) is 70.0 cm³/mol. The molecule has 0 heterocycles. The van der Waals surface area contributed by atoms with E-state index in [2.05, 4.69) is 0 Å². The van der Waals surface area contributed by atoms with Gasteiger partial charge in [-0.2, -0.15) is 13.2 Å². The van der Waals surface area contributed by atoms with Gasteiger partial charge >= 0.3 is 6.18 Å². The van der Waals surface area contributed by atoms with Crippen LogP contribution in [-0.4, -0.2) is 45.4 Å². The molecule has 0 aliphatic heterocycles. The van der Waals surface area contributed by atoms with Crippen LogP contribution >= 0.6 is 0 Å². The van der Waals surface area contributed by atoms with Gasteiger partial charge in [0.1, 0.15) is 11.5 Å². The van der Waals surface area contributed by atoms with Gasteiger partial charge in [-0.1, -0.05) is 0 Å². The minimum atomic E-state index is -4.24. The van der Waals surface area contributed by atoms with Crippen molar-refractivity contribution in [1.82, 2.24) is 4.90 Å². The quantitative estimate of drug-likeness (QED) is 0.873. The summed E-state index contributed by atoms with van der Waals surface area (Å²) in [6.07, 6.45) is -4.24. The largest absolute Gasteiger partial charge is 0.497 e. The van der Waals surface area contributed by atoms with Gasteiger partial charge in [0.15, 0.2) is 0 Å². The Labute approximate surface area is 116 Å². The highest BCUT2D eigenvalue weighted by Gasteiger charge is 2.30. The van der Waals surface area contributed by atoms with Crippen LogP contribution < -0.4 is 15.2 Å². The molecule has 1 rings (SSSR count). The lowest BCUT2D eigenvalue weighted by atomic mass is 10.1. The van der Waals surface area contributed by atoms with E-state index in [0.717, 1.165) is 4.90 Å². The number of ether oxygens (including phenoxy) is 2. The van der Waals surface area contributed by atoms with Crippen molar-refractivity contribution in [3.8, 4) is 11.5 Å². The van der Waals surface area contributed by atoms with E-state index in [-0.39, 0.29) is 6.54 Å². The molecule has 0 bridgehead atoms. The van der Waals surface area contributed by atoms with Gasteiger partial charge in [0, 0.05) is 18.2 Å². The predicted octanol–water partition coefficient (Wildman–Crippen LogP) is 2.20. The second kappa shape index (κ2) is 6.81. The lowest BCUT2D eigenvalue weighted by Crippen LogP contribution is -2.36. The number of nitrogens with zero attached hydrogens (tertiary/aromatic N) is 1. The van der Waals surface area contributed by atoms with Gasteiger partial charge in [-0.3, -0.25) is 4.90 Å². The van der Waals surface area contributed by atoms with Crippen LogP contribution in [0.25, 0.3) is 0 Å². The molecule has 2 N–H and O–H groups in total. The molecule has 0 aromatic heterocycles. The number of alkyl halides is 3. The fourth-order valence-corrected chi connectivity index (χ4v) is 1.93. The van der Waals surface area contributed by atoms with E-state index in [0.29, 0.717) is 17.1 Å². The Morgan fingerprint density at radius 3 is 2.40 bits per heavy atom. The number of likely N-dealkylation sites (N-methyl/N-ethyl adjacent to an activating group) is 1. The number of hydrogen-bond acceptors (Lipinski definition) is 4. The van der Waals surface area contributed by atoms with Crippen molar-refractivity contribution in [2.24, 2.45) is 5.73 Å². The maximum absolute atomic E-state index is 12.3. The Kier molecular flexibility index (Phi) is 5.64. The number of benzene rings is 1. The first-order valence-corrected chi connectivity index (χ1v) is 5.99. The molecular weight excluding hydrogens is 273 g/mol. The highest BCUT2D eigenvalue weighted by Crippen LogP contribution is 2.29. The van der Waals surface area contributed by atoms with Crippen molar-refractivity contribution >= 4 is 0 Å². The van der Waals surface area contributed by atoms with E-state index in [4.69, 9.17) is 15.2 Å². The third-order valence-electron chi connectivity index (χ3n) is 2.79. The Balaban J connectivity index is 2.82. The number of hydrogen-bond donors (Lipinski definition) is 1. The van der Waals surface area contributed by atoms with Crippen molar-refractivity contribution in [3.63, 3.8) is 0 Å². The smallest absolute Gasteiger partial charge is 0.401 e. The first kappa shape index (κ1) is 16.6. The summed E-state index contributed by atoms with van der Waals surface area (Å²) in [5, 5.41) is 0. The summed E-state index contributed by atoms with van der Waals surface area (Å²) >= 11 is 0. The summed E-state index contributed by atoms with van der Waals surface area (Å²) in [5.41, 5.74) is 6.58. The summed E-state index contributed by atoms with van der Waals surface area (Å²) < 4.78 is 47.1. The van der Waals surface area contributed by atoms with Crippen LogP contribution in [0.4, 0.5) is 13.2 Å². The topological polar surface area (TPSA) is 47.7 Å². The van der Waals surface area contributed by atoms with Crippen molar-refractivity contribution in [1.29, 1.82) is 0 Å². The summed E-state index contributed by atoms with van der Waals surface area (Å²) in [7, 11) is 4.37. The van der Waals surface area contributed by atoms with Gasteiger partial charge in [-0.05, 0) is 25.2 Å². The maximum atomic E-state index is 12.3. The van der Waals surface area contributed by atoms with Crippen molar-refractivity contribution in [2.75, 3.05) is 34.4 Å². The van der Waals surface area contributed by atoms with Crippen LogP contribution in [0.5, 0.6) is 11.5 Å². The van der Waals surface area contributed by atoms with Gasteiger partial charge in [-0.25, -0.2) is 0 Å². The fraction of sp³-hybridized carbons (Fsp3) is 0.538. The average Bonchev–Trinajstić information content (AvgIpc) is 2.35. The highest BCUT2D eigenvalue weighted by atomic mass is 19.4. The van der Waals surface area contributed by atoms with Crippen LogP contribution in [0.3, 0.4) is 0 Å².